The normalized spacial score (nSPS) is 22.6. The summed E-state index contributed by atoms with van der Waals surface area (Å²) in [6.07, 6.45) is 3.69. The van der Waals surface area contributed by atoms with Gasteiger partial charge in [0.25, 0.3) is 0 Å². The molecule has 0 radical (unpaired) electrons. The van der Waals surface area contributed by atoms with Crippen molar-refractivity contribution in [3.8, 4) is 0 Å². The van der Waals surface area contributed by atoms with Crippen LogP contribution in [-0.2, 0) is 0 Å². The van der Waals surface area contributed by atoms with Crippen molar-refractivity contribution < 1.29 is 4.79 Å². The molecule has 0 saturated heterocycles. The lowest BCUT2D eigenvalue weighted by Gasteiger charge is -2.07. The molecular formula is C16H16Cl2N2OS. The smallest absolute Gasteiger partial charge is 0.237 e. The summed E-state index contributed by atoms with van der Waals surface area (Å²) >= 11 is 13.0. The van der Waals surface area contributed by atoms with E-state index in [1.54, 1.807) is 10.6 Å². The highest BCUT2D eigenvalue weighted by molar-refractivity contribution is 7.98. The Balaban J connectivity index is 2.05. The van der Waals surface area contributed by atoms with Gasteiger partial charge in [0, 0.05) is 0 Å². The number of thioether (sulfide) groups is 1. The first-order chi connectivity index (χ1) is 10.4. The van der Waals surface area contributed by atoms with Crippen LogP contribution in [0.1, 0.15) is 18.6 Å². The molecule has 6 heteroatoms. The first-order valence-corrected chi connectivity index (χ1v) is 8.94. The molecule has 0 aliphatic heterocycles. The number of allylic oxidation sites excluding steroid dienone is 1. The van der Waals surface area contributed by atoms with E-state index in [2.05, 4.69) is 18.8 Å². The second-order valence-electron chi connectivity index (χ2n) is 6.04. The lowest BCUT2D eigenvalue weighted by Crippen LogP contribution is -2.16. The highest BCUT2D eigenvalue weighted by atomic mass is 35.5. The van der Waals surface area contributed by atoms with Gasteiger partial charge in [-0.2, -0.15) is 0 Å². The first kappa shape index (κ1) is 15.9. The third kappa shape index (κ3) is 2.47. The van der Waals surface area contributed by atoms with Crippen molar-refractivity contribution in [2.45, 2.75) is 19.0 Å². The van der Waals surface area contributed by atoms with Gasteiger partial charge in [0.15, 0.2) is 5.16 Å². The van der Waals surface area contributed by atoms with Gasteiger partial charge in [-0.3, -0.25) is 9.36 Å². The minimum absolute atomic E-state index is 0.0545. The molecule has 3 nitrogen and oxygen atoms in total. The van der Waals surface area contributed by atoms with Gasteiger partial charge in [-0.25, -0.2) is 4.98 Å². The fourth-order valence-electron chi connectivity index (χ4n) is 3.09. The number of aromatic nitrogens is 2. The van der Waals surface area contributed by atoms with E-state index in [1.807, 2.05) is 30.5 Å². The molecule has 2 unspecified atom stereocenters. The molecule has 2 aromatic rings. The van der Waals surface area contributed by atoms with Gasteiger partial charge in [0.2, 0.25) is 5.91 Å². The van der Waals surface area contributed by atoms with Crippen molar-refractivity contribution in [1.82, 2.24) is 9.55 Å². The summed E-state index contributed by atoms with van der Waals surface area (Å²) in [4.78, 5) is 17.6. The number of nitrogens with zero attached hydrogens (tertiary/aromatic N) is 2. The van der Waals surface area contributed by atoms with E-state index in [4.69, 9.17) is 23.2 Å². The SMILES string of the molecule is CSc1nc2ccccc2n1C(=O)C1C(C=C(Cl)Cl)C1(C)C. The van der Waals surface area contributed by atoms with Crippen molar-refractivity contribution in [3.63, 3.8) is 0 Å². The molecule has 1 aromatic carbocycles. The number of fused-ring (bicyclic) bond motifs is 1. The molecule has 116 valence electrons. The first-order valence-electron chi connectivity index (χ1n) is 6.96. The zero-order valence-corrected chi connectivity index (χ0v) is 14.8. The quantitative estimate of drug-likeness (QED) is 0.728. The standard InChI is InChI=1S/C16H16Cl2N2OS/c1-16(2)9(8-12(17)18)13(16)14(21)20-11-7-5-4-6-10(11)19-15(20)22-3/h4-9,13H,1-3H3. The molecular weight excluding hydrogens is 339 g/mol. The largest absolute Gasteiger partial charge is 0.274 e. The second-order valence-corrected chi connectivity index (χ2v) is 7.82. The van der Waals surface area contributed by atoms with Crippen molar-refractivity contribution >= 4 is 51.9 Å². The van der Waals surface area contributed by atoms with Crippen LogP contribution in [0.5, 0.6) is 0 Å². The van der Waals surface area contributed by atoms with Crippen LogP contribution in [0, 0.1) is 17.3 Å². The van der Waals surface area contributed by atoms with Gasteiger partial charge >= 0.3 is 0 Å². The molecule has 22 heavy (non-hydrogen) atoms. The van der Waals surface area contributed by atoms with Gasteiger partial charge in [-0.05, 0) is 35.8 Å². The molecule has 0 spiro atoms. The summed E-state index contributed by atoms with van der Waals surface area (Å²) in [6, 6.07) is 7.69. The Bertz CT molecular complexity index is 778. The number of imidazole rings is 1. The predicted molar refractivity (Wildman–Crippen MR) is 92.7 cm³/mol. The van der Waals surface area contributed by atoms with Crippen LogP contribution in [0.25, 0.3) is 11.0 Å². The number of carbonyl (C=O) groups is 1. The number of para-hydroxylation sites is 2. The third-order valence-corrected chi connectivity index (χ3v) is 5.31. The molecule has 1 saturated carbocycles. The third-order valence-electron chi connectivity index (χ3n) is 4.42. The Kier molecular flexibility index (Phi) is 4.04. The molecule has 0 N–H and O–H groups in total. The summed E-state index contributed by atoms with van der Waals surface area (Å²) < 4.78 is 1.94. The molecule has 0 bridgehead atoms. The summed E-state index contributed by atoms with van der Waals surface area (Å²) in [7, 11) is 0. The molecule has 3 rings (SSSR count). The monoisotopic (exact) mass is 354 g/mol. The van der Waals surface area contributed by atoms with E-state index in [0.717, 1.165) is 11.0 Å². The molecule has 1 aliphatic rings. The average molecular weight is 355 g/mol. The Morgan fingerprint density at radius 2 is 2.05 bits per heavy atom. The van der Waals surface area contributed by atoms with Crippen LogP contribution < -0.4 is 0 Å². The Hall–Kier alpha value is -0.970. The lowest BCUT2D eigenvalue weighted by molar-refractivity contribution is 0.0863. The van der Waals surface area contributed by atoms with Crippen LogP contribution in [0.3, 0.4) is 0 Å². The second kappa shape index (κ2) is 5.59. The fraction of sp³-hybridized carbons (Fsp3) is 0.375. The van der Waals surface area contributed by atoms with Gasteiger partial charge in [0.1, 0.15) is 4.49 Å². The van der Waals surface area contributed by atoms with Gasteiger partial charge < -0.3 is 0 Å². The summed E-state index contributed by atoms with van der Waals surface area (Å²) in [5.41, 5.74) is 1.54. The van der Waals surface area contributed by atoms with Crippen LogP contribution >= 0.6 is 35.0 Å². The molecule has 1 heterocycles. The highest BCUT2D eigenvalue weighted by Crippen LogP contribution is 2.60. The number of halogens is 2. The Labute approximate surface area is 143 Å². The number of hydrogen-bond acceptors (Lipinski definition) is 3. The van der Waals surface area contributed by atoms with E-state index in [0.29, 0.717) is 5.16 Å². The zero-order valence-electron chi connectivity index (χ0n) is 12.5. The molecule has 2 atom stereocenters. The van der Waals surface area contributed by atoms with Crippen LogP contribution in [0.2, 0.25) is 0 Å². The van der Waals surface area contributed by atoms with E-state index >= 15 is 0 Å². The molecule has 0 amide bonds. The van der Waals surface area contributed by atoms with E-state index in [1.165, 1.54) is 11.8 Å². The Morgan fingerprint density at radius 3 is 2.68 bits per heavy atom. The average Bonchev–Trinajstić information content (AvgIpc) is 2.84. The maximum Gasteiger partial charge on any atom is 0.237 e. The topological polar surface area (TPSA) is 34.9 Å². The fourth-order valence-corrected chi connectivity index (χ4v) is 3.92. The van der Waals surface area contributed by atoms with E-state index in [9.17, 15) is 4.79 Å². The van der Waals surface area contributed by atoms with Crippen molar-refractivity contribution in [3.05, 3.63) is 34.8 Å². The van der Waals surface area contributed by atoms with Gasteiger partial charge in [-0.1, -0.05) is 60.9 Å². The van der Waals surface area contributed by atoms with E-state index in [-0.39, 0.29) is 27.6 Å². The number of hydrogen-bond donors (Lipinski definition) is 0. The van der Waals surface area contributed by atoms with Gasteiger partial charge in [-0.15, -0.1) is 0 Å². The van der Waals surface area contributed by atoms with Crippen molar-refractivity contribution in [2.75, 3.05) is 6.26 Å². The van der Waals surface area contributed by atoms with Crippen LogP contribution in [-0.4, -0.2) is 21.7 Å². The van der Waals surface area contributed by atoms with Crippen LogP contribution in [0.15, 0.2) is 40.0 Å². The minimum Gasteiger partial charge on any atom is -0.274 e. The van der Waals surface area contributed by atoms with Crippen molar-refractivity contribution in [1.29, 1.82) is 0 Å². The number of benzene rings is 1. The number of rotatable bonds is 3. The predicted octanol–water partition coefficient (Wildman–Crippen LogP) is 4.99. The maximum atomic E-state index is 13.1. The van der Waals surface area contributed by atoms with E-state index < -0.39 is 0 Å². The summed E-state index contributed by atoms with van der Waals surface area (Å²) in [5, 5.41) is 0.716. The molecule has 1 fully saturated rings. The minimum atomic E-state index is -0.146. The summed E-state index contributed by atoms with van der Waals surface area (Å²) in [6.45, 7) is 4.12. The Morgan fingerprint density at radius 1 is 1.36 bits per heavy atom. The van der Waals surface area contributed by atoms with Crippen LogP contribution in [0.4, 0.5) is 0 Å². The number of carbonyl (C=O) groups excluding carboxylic acids is 1. The summed E-state index contributed by atoms with van der Waals surface area (Å²) in [5.74, 6) is -0.0248. The highest BCUT2D eigenvalue weighted by Gasteiger charge is 2.61. The molecule has 1 aromatic heterocycles. The zero-order chi connectivity index (χ0) is 16.1. The lowest BCUT2D eigenvalue weighted by atomic mass is 10.1. The van der Waals surface area contributed by atoms with Gasteiger partial charge in [0.05, 0.1) is 17.0 Å². The van der Waals surface area contributed by atoms with Crippen molar-refractivity contribution in [2.24, 2.45) is 17.3 Å². The maximum absolute atomic E-state index is 13.1. The molecule has 1 aliphatic carbocycles.